The highest BCUT2D eigenvalue weighted by molar-refractivity contribution is 7.89. The molecule has 18 heavy (non-hydrogen) atoms. The molecule has 0 saturated carbocycles. The maximum absolute atomic E-state index is 11.0. The number of furan rings is 1. The monoisotopic (exact) mass is 267 g/mol. The topological polar surface area (TPSA) is 98.2 Å². The molecule has 0 bridgehead atoms. The fourth-order valence-electron chi connectivity index (χ4n) is 1.37. The largest absolute Gasteiger partial charge is 0.446 e. The molecule has 0 radical (unpaired) electrons. The lowest BCUT2D eigenvalue weighted by Gasteiger charge is -2.03. The van der Waals surface area contributed by atoms with Crippen LogP contribution in [-0.4, -0.2) is 13.4 Å². The number of anilines is 1. The van der Waals surface area contributed by atoms with E-state index >= 15 is 0 Å². The average Bonchev–Trinajstić information content (AvgIpc) is 2.77. The molecule has 2 aromatic heterocycles. The Morgan fingerprint density at radius 2 is 2.11 bits per heavy atom. The minimum absolute atomic E-state index is 0.235. The number of nitrogens with one attached hydrogen (secondary N) is 1. The second kappa shape index (κ2) is 4.79. The molecule has 6 nitrogen and oxygen atoms in total. The van der Waals surface area contributed by atoms with Crippen LogP contribution in [0, 0.1) is 6.92 Å². The molecule has 0 unspecified atom stereocenters. The third-order valence-electron chi connectivity index (χ3n) is 2.30. The van der Waals surface area contributed by atoms with E-state index in [0.717, 1.165) is 11.4 Å². The van der Waals surface area contributed by atoms with Gasteiger partial charge < -0.3 is 9.73 Å². The maximum atomic E-state index is 11.0. The van der Waals surface area contributed by atoms with Crippen molar-refractivity contribution in [3.05, 3.63) is 41.9 Å². The Hall–Kier alpha value is -1.86. The Bertz CT molecular complexity index is 632. The number of sulfonamides is 1. The van der Waals surface area contributed by atoms with Crippen LogP contribution in [0.3, 0.4) is 0 Å². The minimum atomic E-state index is -3.78. The summed E-state index contributed by atoms with van der Waals surface area (Å²) in [6.45, 7) is 2.26. The Morgan fingerprint density at radius 1 is 1.33 bits per heavy atom. The van der Waals surface area contributed by atoms with E-state index in [4.69, 9.17) is 9.56 Å². The van der Waals surface area contributed by atoms with E-state index < -0.39 is 10.0 Å². The van der Waals surface area contributed by atoms with Crippen LogP contribution in [0.5, 0.6) is 0 Å². The first kappa shape index (κ1) is 12.6. The van der Waals surface area contributed by atoms with E-state index in [-0.39, 0.29) is 5.09 Å². The third kappa shape index (κ3) is 3.08. The summed E-state index contributed by atoms with van der Waals surface area (Å²) in [4.78, 5) is 4.13. The van der Waals surface area contributed by atoms with Crippen molar-refractivity contribution in [2.75, 3.05) is 5.32 Å². The van der Waals surface area contributed by atoms with E-state index in [1.807, 2.05) is 19.1 Å². The van der Waals surface area contributed by atoms with Gasteiger partial charge in [0, 0.05) is 5.69 Å². The first-order valence-electron chi connectivity index (χ1n) is 5.23. The van der Waals surface area contributed by atoms with Gasteiger partial charge >= 0.3 is 0 Å². The molecule has 0 amide bonds. The van der Waals surface area contributed by atoms with Crippen molar-refractivity contribution in [2.45, 2.75) is 18.6 Å². The normalized spacial score (nSPS) is 11.4. The molecule has 0 spiro atoms. The average molecular weight is 267 g/mol. The molecule has 0 aliphatic heterocycles. The number of hydrogen-bond donors (Lipinski definition) is 2. The van der Waals surface area contributed by atoms with Crippen molar-refractivity contribution in [3.8, 4) is 0 Å². The van der Waals surface area contributed by atoms with Gasteiger partial charge in [0.15, 0.2) is 0 Å². The molecular weight excluding hydrogens is 254 g/mol. The summed E-state index contributed by atoms with van der Waals surface area (Å²) >= 11 is 0. The van der Waals surface area contributed by atoms with Crippen molar-refractivity contribution in [1.82, 2.24) is 4.98 Å². The Kier molecular flexibility index (Phi) is 3.35. The molecule has 0 aromatic carbocycles. The van der Waals surface area contributed by atoms with Crippen LogP contribution < -0.4 is 10.5 Å². The van der Waals surface area contributed by atoms with Crippen LogP contribution in [0.15, 0.2) is 40.0 Å². The molecule has 0 aliphatic rings. The fraction of sp³-hybridized carbons (Fsp3) is 0.182. The van der Waals surface area contributed by atoms with Gasteiger partial charge in [-0.25, -0.2) is 13.6 Å². The zero-order valence-electron chi connectivity index (χ0n) is 9.75. The lowest BCUT2D eigenvalue weighted by atomic mass is 10.3. The Balaban J connectivity index is 2.03. The quantitative estimate of drug-likeness (QED) is 0.868. The lowest BCUT2D eigenvalue weighted by Crippen LogP contribution is -2.10. The van der Waals surface area contributed by atoms with Gasteiger partial charge in [-0.15, -0.1) is 0 Å². The molecule has 0 saturated heterocycles. The molecule has 0 aliphatic carbocycles. The second-order valence-corrected chi connectivity index (χ2v) is 5.30. The summed E-state index contributed by atoms with van der Waals surface area (Å²) in [7, 11) is -3.78. The Labute approximate surface area is 105 Å². The number of nitrogens with zero attached hydrogens (tertiary/aromatic N) is 1. The first-order valence-corrected chi connectivity index (χ1v) is 6.78. The molecule has 3 N–H and O–H groups in total. The Morgan fingerprint density at radius 3 is 2.67 bits per heavy atom. The predicted molar refractivity (Wildman–Crippen MR) is 66.4 cm³/mol. The van der Waals surface area contributed by atoms with Crippen LogP contribution in [-0.2, 0) is 16.6 Å². The standard InChI is InChI=1S/C11H13N3O3S/c1-8-2-3-9(6-13-8)14-7-10-4-5-11(17-10)18(12,15)16/h2-6,14H,7H2,1H3,(H2,12,15,16). The van der Waals surface area contributed by atoms with Gasteiger partial charge in [0.2, 0.25) is 5.09 Å². The van der Waals surface area contributed by atoms with Gasteiger partial charge in [-0.05, 0) is 31.2 Å². The van der Waals surface area contributed by atoms with Gasteiger partial charge in [-0.3, -0.25) is 4.98 Å². The van der Waals surface area contributed by atoms with Crippen LogP contribution in [0.1, 0.15) is 11.5 Å². The molecule has 0 atom stereocenters. The van der Waals surface area contributed by atoms with E-state index in [9.17, 15) is 8.42 Å². The van der Waals surface area contributed by atoms with Gasteiger partial charge in [0.1, 0.15) is 5.76 Å². The van der Waals surface area contributed by atoms with Crippen molar-refractivity contribution in [2.24, 2.45) is 5.14 Å². The van der Waals surface area contributed by atoms with Crippen molar-refractivity contribution in [3.63, 3.8) is 0 Å². The first-order chi connectivity index (χ1) is 8.45. The van der Waals surface area contributed by atoms with E-state index in [1.54, 1.807) is 12.3 Å². The van der Waals surface area contributed by atoms with E-state index in [0.29, 0.717) is 12.3 Å². The highest BCUT2D eigenvalue weighted by atomic mass is 32.2. The second-order valence-electron chi connectivity index (χ2n) is 3.81. The predicted octanol–water partition coefficient (Wildman–Crippen LogP) is 1.24. The third-order valence-corrected chi connectivity index (χ3v) is 3.08. The number of pyridine rings is 1. The maximum Gasteiger partial charge on any atom is 0.271 e. The zero-order valence-corrected chi connectivity index (χ0v) is 10.6. The van der Waals surface area contributed by atoms with E-state index in [2.05, 4.69) is 10.3 Å². The molecule has 2 aromatic rings. The number of primary sulfonamides is 1. The number of nitrogens with two attached hydrogens (primary N) is 1. The van der Waals surface area contributed by atoms with Crippen LogP contribution in [0.25, 0.3) is 0 Å². The molecule has 2 heterocycles. The number of rotatable bonds is 4. The van der Waals surface area contributed by atoms with Crippen molar-refractivity contribution >= 4 is 15.7 Å². The van der Waals surface area contributed by atoms with Crippen LogP contribution in [0.4, 0.5) is 5.69 Å². The summed E-state index contributed by atoms with van der Waals surface area (Å²) in [5.74, 6) is 0.486. The summed E-state index contributed by atoms with van der Waals surface area (Å²) in [6.07, 6.45) is 1.69. The molecule has 96 valence electrons. The van der Waals surface area contributed by atoms with Crippen molar-refractivity contribution in [1.29, 1.82) is 0 Å². The summed E-state index contributed by atoms with van der Waals surface area (Å²) in [5, 5.41) is 7.77. The summed E-state index contributed by atoms with van der Waals surface area (Å²) in [5.41, 5.74) is 1.75. The molecule has 7 heteroatoms. The van der Waals surface area contributed by atoms with Gasteiger partial charge in [-0.1, -0.05) is 0 Å². The van der Waals surface area contributed by atoms with Crippen LogP contribution >= 0.6 is 0 Å². The highest BCUT2D eigenvalue weighted by Crippen LogP contribution is 2.14. The summed E-state index contributed by atoms with van der Waals surface area (Å²) < 4.78 is 27.1. The zero-order chi connectivity index (χ0) is 13.2. The van der Waals surface area contributed by atoms with Gasteiger partial charge in [-0.2, -0.15) is 0 Å². The number of hydrogen-bond acceptors (Lipinski definition) is 5. The smallest absolute Gasteiger partial charge is 0.271 e. The van der Waals surface area contributed by atoms with E-state index in [1.165, 1.54) is 6.07 Å². The SMILES string of the molecule is Cc1ccc(NCc2ccc(S(N)(=O)=O)o2)cn1. The summed E-state index contributed by atoms with van der Waals surface area (Å²) in [6, 6.07) is 6.65. The molecular formula is C11H13N3O3S. The van der Waals surface area contributed by atoms with Gasteiger partial charge in [0.05, 0.1) is 18.4 Å². The molecule has 2 rings (SSSR count). The minimum Gasteiger partial charge on any atom is -0.446 e. The number of aryl methyl sites for hydroxylation is 1. The van der Waals surface area contributed by atoms with Crippen molar-refractivity contribution < 1.29 is 12.8 Å². The molecule has 0 fully saturated rings. The lowest BCUT2D eigenvalue weighted by molar-refractivity contribution is 0.419. The highest BCUT2D eigenvalue weighted by Gasteiger charge is 2.12. The fourth-order valence-corrected chi connectivity index (χ4v) is 1.85. The number of aromatic nitrogens is 1. The van der Waals surface area contributed by atoms with Gasteiger partial charge in [0.25, 0.3) is 10.0 Å². The van der Waals surface area contributed by atoms with Crippen LogP contribution in [0.2, 0.25) is 0 Å².